The van der Waals surface area contributed by atoms with E-state index in [9.17, 15) is 0 Å². The van der Waals surface area contributed by atoms with Gasteiger partial charge in [-0.3, -0.25) is 0 Å². The Hall–Kier alpha value is -1.65. The van der Waals surface area contributed by atoms with Gasteiger partial charge in [-0.1, -0.05) is 29.8 Å². The number of benzene rings is 1. The molecule has 0 aliphatic heterocycles. The van der Waals surface area contributed by atoms with E-state index in [2.05, 4.69) is 10.3 Å². The zero-order chi connectivity index (χ0) is 14.5. The molecule has 1 aromatic heterocycles. The van der Waals surface area contributed by atoms with Crippen LogP contribution in [0, 0.1) is 6.92 Å². The van der Waals surface area contributed by atoms with Gasteiger partial charge in [0.05, 0.1) is 0 Å². The van der Waals surface area contributed by atoms with E-state index < -0.39 is 0 Å². The zero-order valence-corrected chi connectivity index (χ0v) is 12.8. The van der Waals surface area contributed by atoms with Gasteiger partial charge in [-0.15, -0.1) is 0 Å². The van der Waals surface area contributed by atoms with Gasteiger partial charge in [-0.05, 0) is 60.8 Å². The van der Waals surface area contributed by atoms with E-state index in [1.54, 1.807) is 6.20 Å². The lowest BCUT2D eigenvalue weighted by Gasteiger charge is -2.11. The van der Waals surface area contributed by atoms with Crippen molar-refractivity contribution in [2.24, 2.45) is 5.73 Å². The second kappa shape index (κ2) is 6.68. The lowest BCUT2D eigenvalue weighted by molar-refractivity contribution is 0.944. The Morgan fingerprint density at radius 3 is 2.65 bits per heavy atom. The molecule has 104 valence electrons. The van der Waals surface area contributed by atoms with Crippen LogP contribution in [0.4, 0.5) is 5.82 Å². The smallest absolute Gasteiger partial charge is 0.169 e. The molecule has 20 heavy (non-hydrogen) atoms. The van der Waals surface area contributed by atoms with Crippen LogP contribution in [0.1, 0.15) is 16.7 Å². The molecule has 0 aliphatic rings. The highest BCUT2D eigenvalue weighted by Crippen LogP contribution is 2.21. The molecule has 1 aromatic carbocycles. The van der Waals surface area contributed by atoms with Crippen LogP contribution in [-0.4, -0.2) is 10.1 Å². The van der Waals surface area contributed by atoms with Gasteiger partial charge in [-0.25, -0.2) is 4.98 Å². The number of rotatable bonds is 4. The number of nitrogens with two attached hydrogens (primary N) is 1. The fraction of sp³-hybridized carbons (Fsp3) is 0.200. The molecule has 0 spiro atoms. The minimum Gasteiger partial charge on any atom is -0.376 e. The maximum absolute atomic E-state index is 6.17. The average Bonchev–Trinajstić information content (AvgIpc) is 2.41. The maximum atomic E-state index is 6.17. The Kier molecular flexibility index (Phi) is 4.93. The van der Waals surface area contributed by atoms with Gasteiger partial charge in [0, 0.05) is 11.2 Å². The molecule has 0 saturated carbocycles. The Morgan fingerprint density at radius 1 is 1.25 bits per heavy atom. The first kappa shape index (κ1) is 14.8. The third-order valence-corrected chi connectivity index (χ3v) is 3.65. The van der Waals surface area contributed by atoms with Crippen LogP contribution in [0.15, 0.2) is 36.5 Å². The molecule has 0 aliphatic carbocycles. The molecule has 0 saturated heterocycles. The molecule has 0 bridgehead atoms. The summed E-state index contributed by atoms with van der Waals surface area (Å²) in [4.78, 5) is 4.25. The number of thiocarbonyl (C=S) groups is 1. The minimum atomic E-state index is 0.226. The maximum Gasteiger partial charge on any atom is 0.169 e. The largest absolute Gasteiger partial charge is 0.376 e. The molecular weight excluding hydrogens is 290 g/mol. The van der Waals surface area contributed by atoms with Crippen molar-refractivity contribution >= 4 is 34.7 Å². The molecule has 3 nitrogen and oxygen atoms in total. The van der Waals surface area contributed by atoms with Crippen LogP contribution < -0.4 is 11.1 Å². The standard InChI is InChI=1S/C15H16ClN3S/c1-10-11(8-9-18-14(10)19-15(17)20)6-7-12-4-2-3-5-13(12)16/h2-5,8-9H,6-7H2,1H3,(H3,17,18,19,20). The molecule has 2 aromatic rings. The van der Waals surface area contributed by atoms with Gasteiger partial charge in [0.15, 0.2) is 5.11 Å². The second-order valence-corrected chi connectivity index (χ2v) is 5.37. The number of hydrogen-bond donors (Lipinski definition) is 2. The van der Waals surface area contributed by atoms with Crippen molar-refractivity contribution in [3.05, 3.63) is 58.2 Å². The molecule has 0 atom stereocenters. The highest BCUT2D eigenvalue weighted by atomic mass is 35.5. The summed E-state index contributed by atoms with van der Waals surface area (Å²) < 4.78 is 0. The van der Waals surface area contributed by atoms with Gasteiger partial charge in [0.1, 0.15) is 5.82 Å². The molecule has 3 N–H and O–H groups in total. The van der Waals surface area contributed by atoms with Crippen molar-refractivity contribution in [2.75, 3.05) is 5.32 Å². The van der Waals surface area contributed by atoms with E-state index in [1.165, 1.54) is 5.56 Å². The average molecular weight is 306 g/mol. The van der Waals surface area contributed by atoms with Crippen molar-refractivity contribution in [3.63, 3.8) is 0 Å². The van der Waals surface area contributed by atoms with Crippen LogP contribution >= 0.6 is 23.8 Å². The predicted molar refractivity (Wildman–Crippen MR) is 88.2 cm³/mol. The second-order valence-electron chi connectivity index (χ2n) is 4.52. The number of anilines is 1. The van der Waals surface area contributed by atoms with E-state index >= 15 is 0 Å². The third kappa shape index (κ3) is 3.68. The van der Waals surface area contributed by atoms with Crippen LogP contribution in [0.2, 0.25) is 5.02 Å². The Bertz CT molecular complexity index is 628. The number of nitrogens with zero attached hydrogens (tertiary/aromatic N) is 1. The summed E-state index contributed by atoms with van der Waals surface area (Å²) in [5.74, 6) is 0.717. The fourth-order valence-electron chi connectivity index (χ4n) is 2.06. The van der Waals surface area contributed by atoms with Crippen molar-refractivity contribution in [1.82, 2.24) is 4.98 Å². The highest BCUT2D eigenvalue weighted by molar-refractivity contribution is 7.80. The van der Waals surface area contributed by atoms with Crippen molar-refractivity contribution in [2.45, 2.75) is 19.8 Å². The van der Waals surface area contributed by atoms with E-state index in [0.717, 1.165) is 29.0 Å². The van der Waals surface area contributed by atoms with Crippen molar-refractivity contribution in [1.29, 1.82) is 0 Å². The summed E-state index contributed by atoms with van der Waals surface area (Å²) in [6.45, 7) is 2.01. The SMILES string of the molecule is Cc1c(CCc2ccccc2Cl)ccnc1NC(N)=S. The summed E-state index contributed by atoms with van der Waals surface area (Å²) in [5.41, 5.74) is 8.91. The monoisotopic (exact) mass is 305 g/mol. The van der Waals surface area contributed by atoms with E-state index in [1.807, 2.05) is 37.3 Å². The van der Waals surface area contributed by atoms with E-state index in [-0.39, 0.29) is 5.11 Å². The van der Waals surface area contributed by atoms with Gasteiger partial charge in [0.25, 0.3) is 0 Å². The lowest BCUT2D eigenvalue weighted by Crippen LogP contribution is -2.20. The van der Waals surface area contributed by atoms with Crippen LogP contribution in [0.5, 0.6) is 0 Å². The Morgan fingerprint density at radius 2 is 1.95 bits per heavy atom. The van der Waals surface area contributed by atoms with E-state index in [4.69, 9.17) is 29.6 Å². The highest BCUT2D eigenvalue weighted by Gasteiger charge is 2.07. The van der Waals surface area contributed by atoms with Gasteiger partial charge in [-0.2, -0.15) is 0 Å². The first-order valence-electron chi connectivity index (χ1n) is 6.32. The summed E-state index contributed by atoms with van der Waals surface area (Å²) in [7, 11) is 0. The minimum absolute atomic E-state index is 0.226. The summed E-state index contributed by atoms with van der Waals surface area (Å²) in [6.07, 6.45) is 3.54. The quantitative estimate of drug-likeness (QED) is 0.849. The van der Waals surface area contributed by atoms with E-state index in [0.29, 0.717) is 5.82 Å². The third-order valence-electron chi connectivity index (χ3n) is 3.18. The Balaban J connectivity index is 2.14. The predicted octanol–water partition coefficient (Wildman–Crippen LogP) is 3.48. The number of pyridine rings is 1. The molecule has 1 heterocycles. The Labute approximate surface area is 129 Å². The van der Waals surface area contributed by atoms with Gasteiger partial charge >= 0.3 is 0 Å². The number of aryl methyl sites for hydroxylation is 2. The first-order valence-corrected chi connectivity index (χ1v) is 7.11. The molecule has 0 fully saturated rings. The van der Waals surface area contributed by atoms with Gasteiger partial charge < -0.3 is 11.1 Å². The molecular formula is C15H16ClN3S. The number of aromatic nitrogens is 1. The molecule has 0 radical (unpaired) electrons. The number of hydrogen-bond acceptors (Lipinski definition) is 2. The van der Waals surface area contributed by atoms with Crippen molar-refractivity contribution in [3.8, 4) is 0 Å². The van der Waals surface area contributed by atoms with Crippen LogP contribution in [0.25, 0.3) is 0 Å². The molecule has 2 rings (SSSR count). The molecule has 0 amide bonds. The first-order chi connectivity index (χ1) is 9.58. The fourth-order valence-corrected chi connectivity index (χ4v) is 2.39. The van der Waals surface area contributed by atoms with Crippen LogP contribution in [0.3, 0.4) is 0 Å². The number of nitrogens with one attached hydrogen (secondary N) is 1. The summed E-state index contributed by atoms with van der Waals surface area (Å²) in [6, 6.07) is 9.91. The summed E-state index contributed by atoms with van der Waals surface area (Å²) in [5, 5.41) is 3.93. The molecule has 0 unspecified atom stereocenters. The van der Waals surface area contributed by atoms with Crippen LogP contribution in [-0.2, 0) is 12.8 Å². The zero-order valence-electron chi connectivity index (χ0n) is 11.2. The normalized spacial score (nSPS) is 10.3. The topological polar surface area (TPSA) is 50.9 Å². The molecule has 5 heteroatoms. The lowest BCUT2D eigenvalue weighted by atomic mass is 10.0. The number of halogens is 1. The van der Waals surface area contributed by atoms with Gasteiger partial charge in [0.2, 0.25) is 0 Å². The van der Waals surface area contributed by atoms with Crippen molar-refractivity contribution < 1.29 is 0 Å². The summed E-state index contributed by atoms with van der Waals surface area (Å²) >= 11 is 11.0.